The molecule has 1 aromatic rings. The highest BCUT2D eigenvalue weighted by Crippen LogP contribution is 2.18. The van der Waals surface area contributed by atoms with Crippen LogP contribution in [0.4, 0.5) is 5.95 Å². The van der Waals surface area contributed by atoms with Gasteiger partial charge in [-0.05, 0) is 6.42 Å². The average Bonchev–Trinajstić information content (AvgIpc) is 2.51. The molecule has 0 radical (unpaired) electrons. The maximum atomic E-state index is 5.48. The van der Waals surface area contributed by atoms with Crippen molar-refractivity contribution in [1.82, 2.24) is 15.0 Å². The third-order valence-electron chi connectivity index (χ3n) is 3.24. The molecule has 0 fully saturated rings. The summed E-state index contributed by atoms with van der Waals surface area (Å²) < 4.78 is 0.727. The molecule has 1 rings (SSSR count). The second kappa shape index (κ2) is 13.3. The van der Waals surface area contributed by atoms with E-state index in [1.807, 2.05) is 0 Å². The predicted octanol–water partition coefficient (Wildman–Crippen LogP) is 4.08. The Kier molecular flexibility index (Phi) is 12.0. The lowest BCUT2D eigenvalue weighted by Gasteiger charge is -2.05. The van der Waals surface area contributed by atoms with E-state index in [-0.39, 0.29) is 0 Å². The van der Waals surface area contributed by atoms with Gasteiger partial charge in [0.1, 0.15) is 0 Å². The lowest BCUT2D eigenvalue weighted by atomic mass is 10.1. The largest absolute Gasteiger partial charge is 0.353 e. The van der Waals surface area contributed by atoms with Gasteiger partial charge in [0.25, 0.3) is 0 Å². The number of nitrogens with zero attached hydrogens (tertiary/aromatic N) is 3. The molecule has 0 saturated carbocycles. The molecule has 1 aromatic heterocycles. The molecule has 0 aliphatic carbocycles. The molecule has 0 atom stereocenters. The predicted molar refractivity (Wildman–Crippen MR) is 103 cm³/mol. The first-order chi connectivity index (χ1) is 10.8. The van der Waals surface area contributed by atoms with Crippen molar-refractivity contribution in [3.63, 3.8) is 0 Å². The van der Waals surface area contributed by atoms with Crippen molar-refractivity contribution < 1.29 is 0 Å². The first-order valence-corrected chi connectivity index (χ1v) is 10.3. The minimum absolute atomic E-state index is 0.572. The van der Waals surface area contributed by atoms with E-state index in [2.05, 4.69) is 49.8 Å². The Morgan fingerprint density at radius 2 is 1.68 bits per heavy atom. The van der Waals surface area contributed by atoms with Crippen LogP contribution in [0.2, 0.25) is 0 Å². The van der Waals surface area contributed by atoms with Crippen LogP contribution in [0.25, 0.3) is 0 Å². The minimum Gasteiger partial charge on any atom is -0.353 e. The Hall–Kier alpha value is -0.150. The molecular formula is C15H28IN5S. The molecule has 22 heavy (non-hydrogen) atoms. The molecule has 0 aromatic carbocycles. The van der Waals surface area contributed by atoms with Crippen LogP contribution in [0.1, 0.15) is 58.3 Å². The fourth-order valence-corrected chi connectivity index (χ4v) is 3.51. The molecular weight excluding hydrogens is 409 g/mol. The Bertz CT molecular complexity index is 406. The molecule has 126 valence electrons. The zero-order chi connectivity index (χ0) is 16.0. The Morgan fingerprint density at radius 3 is 2.36 bits per heavy atom. The molecule has 1 heterocycles. The highest BCUT2D eigenvalue weighted by atomic mass is 127. The molecule has 0 spiro atoms. The van der Waals surface area contributed by atoms with Crippen molar-refractivity contribution in [2.24, 2.45) is 5.73 Å². The lowest BCUT2D eigenvalue weighted by molar-refractivity contribution is 0.586. The van der Waals surface area contributed by atoms with Crippen molar-refractivity contribution in [2.45, 2.75) is 63.4 Å². The van der Waals surface area contributed by atoms with Gasteiger partial charge in [0.15, 0.2) is 8.99 Å². The van der Waals surface area contributed by atoms with Crippen molar-refractivity contribution in [2.75, 3.05) is 24.2 Å². The van der Waals surface area contributed by atoms with Crippen LogP contribution in [-0.4, -0.2) is 33.8 Å². The van der Waals surface area contributed by atoms with Gasteiger partial charge in [-0.2, -0.15) is 15.0 Å². The summed E-state index contributed by atoms with van der Waals surface area (Å²) in [6, 6.07) is 0. The summed E-state index contributed by atoms with van der Waals surface area (Å²) in [7, 11) is 0. The number of hydrogen-bond donors (Lipinski definition) is 2. The van der Waals surface area contributed by atoms with E-state index in [0.717, 1.165) is 14.7 Å². The van der Waals surface area contributed by atoms with Gasteiger partial charge in [-0.1, -0.05) is 63.6 Å². The van der Waals surface area contributed by atoms with Crippen LogP contribution in [0.5, 0.6) is 0 Å². The maximum Gasteiger partial charge on any atom is 0.227 e. The fraction of sp³-hybridized carbons (Fsp3) is 0.800. The van der Waals surface area contributed by atoms with Crippen LogP contribution in [0.3, 0.4) is 0 Å². The van der Waals surface area contributed by atoms with Gasteiger partial charge in [-0.25, -0.2) is 0 Å². The highest BCUT2D eigenvalue weighted by Gasteiger charge is 2.04. The monoisotopic (exact) mass is 437 g/mol. The van der Waals surface area contributed by atoms with Gasteiger partial charge in [-0.15, -0.1) is 0 Å². The third kappa shape index (κ3) is 9.78. The summed E-state index contributed by atoms with van der Waals surface area (Å²) in [5.41, 5.74) is 5.48. The quantitative estimate of drug-likeness (QED) is 0.275. The van der Waals surface area contributed by atoms with Gasteiger partial charge in [0.05, 0.1) is 0 Å². The van der Waals surface area contributed by atoms with Crippen molar-refractivity contribution >= 4 is 40.3 Å². The van der Waals surface area contributed by atoms with Gasteiger partial charge in [0, 0.05) is 41.4 Å². The summed E-state index contributed by atoms with van der Waals surface area (Å²) >= 11 is 3.84. The number of aromatic nitrogens is 3. The summed E-state index contributed by atoms with van der Waals surface area (Å²) in [5.74, 6) is 1.70. The molecule has 0 bridgehead atoms. The Morgan fingerprint density at radius 1 is 1.00 bits per heavy atom. The first-order valence-electron chi connectivity index (χ1n) is 8.24. The Balaban J connectivity index is 2.15. The molecule has 0 saturated heterocycles. The van der Waals surface area contributed by atoms with Crippen molar-refractivity contribution in [3.8, 4) is 0 Å². The summed E-state index contributed by atoms with van der Waals surface area (Å²) in [5, 5.41) is 3.91. The number of nitrogens with two attached hydrogens (primary N) is 1. The number of halogens is 1. The second-order valence-electron chi connectivity index (χ2n) is 5.25. The summed E-state index contributed by atoms with van der Waals surface area (Å²) in [6.07, 6.45) is 10.8. The van der Waals surface area contributed by atoms with E-state index < -0.39 is 0 Å². The number of rotatable bonds is 13. The number of nitrogens with one attached hydrogen (secondary N) is 1. The number of anilines is 1. The van der Waals surface area contributed by atoms with Crippen molar-refractivity contribution in [1.29, 1.82) is 0 Å². The molecule has 7 heteroatoms. The summed E-state index contributed by atoms with van der Waals surface area (Å²) in [6.45, 7) is 3.52. The fourth-order valence-electron chi connectivity index (χ4n) is 2.06. The smallest absolute Gasteiger partial charge is 0.227 e. The highest BCUT2D eigenvalue weighted by molar-refractivity contribution is 14.1. The molecule has 0 aliphatic rings. The van der Waals surface area contributed by atoms with Crippen LogP contribution in [0.15, 0.2) is 5.16 Å². The normalized spacial score (nSPS) is 10.9. The minimum atomic E-state index is 0.572. The van der Waals surface area contributed by atoms with E-state index >= 15 is 0 Å². The van der Waals surface area contributed by atoms with Gasteiger partial charge in [-0.3, -0.25) is 0 Å². The number of thioether (sulfide) groups is 1. The molecule has 3 N–H and O–H groups in total. The maximum absolute atomic E-state index is 5.48. The van der Waals surface area contributed by atoms with Crippen LogP contribution < -0.4 is 11.1 Å². The van der Waals surface area contributed by atoms with E-state index in [1.165, 1.54) is 51.4 Å². The van der Waals surface area contributed by atoms with E-state index in [0.29, 0.717) is 19.0 Å². The van der Waals surface area contributed by atoms with Crippen molar-refractivity contribution in [3.05, 3.63) is 3.83 Å². The molecule has 0 amide bonds. The molecule has 0 unspecified atom stereocenters. The summed E-state index contributed by atoms with van der Waals surface area (Å²) in [4.78, 5) is 13.0. The van der Waals surface area contributed by atoms with Gasteiger partial charge in [0.2, 0.25) is 5.95 Å². The zero-order valence-corrected chi connectivity index (χ0v) is 16.5. The average molecular weight is 437 g/mol. The van der Waals surface area contributed by atoms with Gasteiger partial charge >= 0.3 is 0 Å². The topological polar surface area (TPSA) is 76.7 Å². The van der Waals surface area contributed by atoms with E-state index in [1.54, 1.807) is 11.8 Å². The van der Waals surface area contributed by atoms with Crippen LogP contribution in [-0.2, 0) is 0 Å². The molecule has 5 nitrogen and oxygen atoms in total. The molecule has 0 aliphatic heterocycles. The van der Waals surface area contributed by atoms with Crippen LogP contribution >= 0.6 is 34.4 Å². The second-order valence-corrected chi connectivity index (χ2v) is 7.28. The first kappa shape index (κ1) is 19.9. The number of hydrogen-bond acceptors (Lipinski definition) is 6. The van der Waals surface area contributed by atoms with Crippen LogP contribution in [0, 0.1) is 3.83 Å². The van der Waals surface area contributed by atoms with Gasteiger partial charge < -0.3 is 11.1 Å². The lowest BCUT2D eigenvalue weighted by Crippen LogP contribution is -2.15. The van der Waals surface area contributed by atoms with E-state index in [4.69, 9.17) is 5.73 Å². The van der Waals surface area contributed by atoms with E-state index in [9.17, 15) is 0 Å². The zero-order valence-electron chi connectivity index (χ0n) is 13.5. The SMILES string of the molecule is CCCCCCCCCCSc1nc(I)nc(NCCN)n1. The number of unbranched alkanes of at least 4 members (excludes halogenated alkanes) is 7. The Labute approximate surface area is 152 Å². The standard InChI is InChI=1S/C15H28IN5S/c1-2-3-4-5-6-7-8-9-12-22-15-20-13(16)19-14(21-15)18-11-10-17/h2-12,17H2,1H3,(H,18,19,20,21). The third-order valence-corrected chi connectivity index (χ3v) is 4.66.